The molecule has 114 valence electrons. The van der Waals surface area contributed by atoms with Crippen LogP contribution in [0, 0.1) is 5.82 Å². The third kappa shape index (κ3) is 4.36. The van der Waals surface area contributed by atoms with Gasteiger partial charge in [0.1, 0.15) is 21.5 Å². The SMILES string of the molecule is CS(=O)(=O)CCC(N)c1ncc(-c2cc(Br)ccc2F)[nH]1. The third-order valence-electron chi connectivity index (χ3n) is 2.96. The molecule has 2 aromatic rings. The first-order valence-corrected chi connectivity index (χ1v) is 9.05. The number of aromatic nitrogens is 2. The Kier molecular flexibility index (Phi) is 4.80. The number of rotatable bonds is 5. The molecule has 3 N–H and O–H groups in total. The van der Waals surface area contributed by atoms with Crippen molar-refractivity contribution in [2.75, 3.05) is 12.0 Å². The number of benzene rings is 1. The van der Waals surface area contributed by atoms with Crippen LogP contribution in [0.15, 0.2) is 28.9 Å². The van der Waals surface area contributed by atoms with Crippen molar-refractivity contribution in [1.82, 2.24) is 9.97 Å². The molecule has 21 heavy (non-hydrogen) atoms. The molecule has 2 rings (SSSR count). The third-order valence-corrected chi connectivity index (χ3v) is 4.44. The van der Waals surface area contributed by atoms with Gasteiger partial charge in [0.2, 0.25) is 0 Å². The van der Waals surface area contributed by atoms with Crippen molar-refractivity contribution in [3.05, 3.63) is 40.5 Å². The molecule has 1 heterocycles. The second-order valence-electron chi connectivity index (χ2n) is 4.83. The minimum Gasteiger partial charge on any atom is -0.341 e. The lowest BCUT2D eigenvalue weighted by Crippen LogP contribution is -2.16. The molecule has 1 aromatic heterocycles. The number of hydrogen-bond donors (Lipinski definition) is 2. The lowest BCUT2D eigenvalue weighted by atomic mass is 10.1. The number of halogens is 2. The van der Waals surface area contributed by atoms with Crippen LogP contribution in [0.4, 0.5) is 4.39 Å². The number of aromatic amines is 1. The Labute approximate surface area is 130 Å². The van der Waals surface area contributed by atoms with Gasteiger partial charge in [-0.15, -0.1) is 0 Å². The predicted molar refractivity (Wildman–Crippen MR) is 82.9 cm³/mol. The predicted octanol–water partition coefficient (Wildman–Crippen LogP) is 2.41. The smallest absolute Gasteiger partial charge is 0.147 e. The van der Waals surface area contributed by atoms with Gasteiger partial charge in [0.15, 0.2) is 0 Å². The number of H-pyrrole nitrogens is 1. The minimum atomic E-state index is -3.07. The summed E-state index contributed by atoms with van der Waals surface area (Å²) < 4.78 is 36.8. The summed E-state index contributed by atoms with van der Waals surface area (Å²) in [5, 5.41) is 0. The van der Waals surface area contributed by atoms with Gasteiger partial charge in [-0.05, 0) is 24.6 Å². The monoisotopic (exact) mass is 375 g/mol. The molecule has 0 aliphatic carbocycles. The summed E-state index contributed by atoms with van der Waals surface area (Å²) in [6, 6.07) is 4.05. The Morgan fingerprint density at radius 1 is 1.48 bits per heavy atom. The summed E-state index contributed by atoms with van der Waals surface area (Å²) >= 11 is 3.28. The highest BCUT2D eigenvalue weighted by Gasteiger charge is 2.15. The Hall–Kier alpha value is -1.25. The maximum Gasteiger partial charge on any atom is 0.147 e. The van der Waals surface area contributed by atoms with E-state index in [1.54, 1.807) is 12.1 Å². The zero-order valence-corrected chi connectivity index (χ0v) is 13.7. The topological polar surface area (TPSA) is 88.8 Å². The van der Waals surface area contributed by atoms with Crippen LogP contribution < -0.4 is 5.73 Å². The normalized spacial score (nSPS) is 13.3. The lowest BCUT2D eigenvalue weighted by Gasteiger charge is -2.07. The van der Waals surface area contributed by atoms with Crippen molar-refractivity contribution < 1.29 is 12.8 Å². The molecule has 0 amide bonds. The van der Waals surface area contributed by atoms with Crippen LogP contribution in [-0.2, 0) is 9.84 Å². The minimum absolute atomic E-state index is 0.0184. The fourth-order valence-electron chi connectivity index (χ4n) is 1.84. The van der Waals surface area contributed by atoms with E-state index in [9.17, 15) is 12.8 Å². The van der Waals surface area contributed by atoms with Gasteiger partial charge in [0.05, 0.1) is 23.7 Å². The maximum atomic E-state index is 13.8. The van der Waals surface area contributed by atoms with Crippen LogP contribution >= 0.6 is 15.9 Å². The Balaban J connectivity index is 2.19. The Morgan fingerprint density at radius 3 is 2.86 bits per heavy atom. The van der Waals surface area contributed by atoms with Crippen molar-refractivity contribution in [3.63, 3.8) is 0 Å². The number of imidazole rings is 1. The average molecular weight is 376 g/mol. The van der Waals surface area contributed by atoms with E-state index in [1.807, 2.05) is 0 Å². The first kappa shape index (κ1) is 16.1. The number of hydrogen-bond acceptors (Lipinski definition) is 4. The standard InChI is InChI=1S/C13H15BrFN3O2S/c1-21(19,20)5-4-11(16)13-17-7-12(18-13)9-6-8(14)2-3-10(9)15/h2-3,6-7,11H,4-5,16H2,1H3,(H,17,18). The van der Waals surface area contributed by atoms with E-state index in [4.69, 9.17) is 5.73 Å². The zero-order valence-electron chi connectivity index (χ0n) is 11.3. The van der Waals surface area contributed by atoms with Crippen molar-refractivity contribution in [2.24, 2.45) is 5.73 Å². The highest BCUT2D eigenvalue weighted by molar-refractivity contribution is 9.10. The van der Waals surface area contributed by atoms with Gasteiger partial charge in [0.25, 0.3) is 0 Å². The largest absolute Gasteiger partial charge is 0.341 e. The molecule has 0 radical (unpaired) electrons. The molecular weight excluding hydrogens is 361 g/mol. The highest BCUT2D eigenvalue weighted by atomic mass is 79.9. The quantitative estimate of drug-likeness (QED) is 0.839. The van der Waals surface area contributed by atoms with Crippen molar-refractivity contribution in [1.29, 1.82) is 0 Å². The summed E-state index contributed by atoms with van der Waals surface area (Å²) in [6.45, 7) is 0. The van der Waals surface area contributed by atoms with Crippen LogP contribution in [0.2, 0.25) is 0 Å². The summed E-state index contributed by atoms with van der Waals surface area (Å²) in [4.78, 5) is 7.05. The second-order valence-corrected chi connectivity index (χ2v) is 8.01. The van der Waals surface area contributed by atoms with Gasteiger partial charge in [-0.3, -0.25) is 0 Å². The maximum absolute atomic E-state index is 13.8. The molecule has 1 atom stereocenters. The number of nitrogens with one attached hydrogen (secondary N) is 1. The van der Waals surface area contributed by atoms with Crippen LogP contribution in [0.25, 0.3) is 11.3 Å². The van der Waals surface area contributed by atoms with Crippen LogP contribution in [0.3, 0.4) is 0 Å². The zero-order chi connectivity index (χ0) is 15.6. The van der Waals surface area contributed by atoms with Crippen LogP contribution in [-0.4, -0.2) is 30.4 Å². The summed E-state index contributed by atoms with van der Waals surface area (Å²) in [7, 11) is -3.07. The number of nitrogens with zero attached hydrogens (tertiary/aromatic N) is 1. The van der Waals surface area contributed by atoms with Crippen LogP contribution in [0.1, 0.15) is 18.3 Å². The molecule has 0 saturated carbocycles. The molecule has 0 aliphatic heterocycles. The first-order valence-electron chi connectivity index (χ1n) is 6.20. The fraction of sp³-hybridized carbons (Fsp3) is 0.308. The number of nitrogens with two attached hydrogens (primary N) is 1. The Bertz CT molecular complexity index is 746. The average Bonchev–Trinajstić information content (AvgIpc) is 2.87. The van der Waals surface area contributed by atoms with Gasteiger partial charge in [-0.2, -0.15) is 0 Å². The fourth-order valence-corrected chi connectivity index (χ4v) is 2.89. The van der Waals surface area contributed by atoms with Gasteiger partial charge >= 0.3 is 0 Å². The number of sulfone groups is 1. The molecule has 0 aliphatic rings. The summed E-state index contributed by atoms with van der Waals surface area (Å²) in [5.74, 6) is 0.0428. The van der Waals surface area contributed by atoms with E-state index < -0.39 is 15.9 Å². The molecule has 8 heteroatoms. The van der Waals surface area contributed by atoms with Gasteiger partial charge in [-0.25, -0.2) is 17.8 Å². The van der Waals surface area contributed by atoms with Crippen molar-refractivity contribution >= 4 is 25.8 Å². The van der Waals surface area contributed by atoms with Gasteiger partial charge < -0.3 is 10.7 Å². The van der Waals surface area contributed by atoms with Crippen molar-refractivity contribution in [2.45, 2.75) is 12.5 Å². The molecule has 0 saturated heterocycles. The summed E-state index contributed by atoms with van der Waals surface area (Å²) in [5.41, 5.74) is 6.77. The van der Waals surface area contributed by atoms with E-state index in [2.05, 4.69) is 25.9 Å². The molecule has 0 spiro atoms. The van der Waals surface area contributed by atoms with E-state index in [-0.39, 0.29) is 18.0 Å². The molecule has 1 aromatic carbocycles. The molecule has 0 fully saturated rings. The molecule has 1 unspecified atom stereocenters. The highest BCUT2D eigenvalue weighted by Crippen LogP contribution is 2.26. The first-order chi connectivity index (χ1) is 9.76. The molecule has 0 bridgehead atoms. The van der Waals surface area contributed by atoms with E-state index in [0.717, 1.165) is 10.7 Å². The van der Waals surface area contributed by atoms with E-state index in [1.165, 1.54) is 12.3 Å². The molecular formula is C13H15BrFN3O2S. The second kappa shape index (κ2) is 6.25. The Morgan fingerprint density at radius 2 is 2.19 bits per heavy atom. The van der Waals surface area contributed by atoms with Gasteiger partial charge in [0, 0.05) is 16.3 Å². The summed E-state index contributed by atoms with van der Waals surface area (Å²) in [6.07, 6.45) is 2.90. The molecule has 5 nitrogen and oxygen atoms in total. The van der Waals surface area contributed by atoms with Gasteiger partial charge in [-0.1, -0.05) is 15.9 Å². The lowest BCUT2D eigenvalue weighted by molar-refractivity contribution is 0.588. The van der Waals surface area contributed by atoms with Crippen LogP contribution in [0.5, 0.6) is 0 Å². The van der Waals surface area contributed by atoms with E-state index >= 15 is 0 Å². The van der Waals surface area contributed by atoms with E-state index in [0.29, 0.717) is 17.1 Å². The van der Waals surface area contributed by atoms with Crippen molar-refractivity contribution in [3.8, 4) is 11.3 Å².